The number of ether oxygens (including phenoxy) is 3. The number of unbranched alkanes of at least 4 members (excludes halogenated alkanes) is 18. The summed E-state index contributed by atoms with van der Waals surface area (Å²) in [7, 11) is 0. The molecule has 0 saturated heterocycles. The molecule has 1 unspecified atom stereocenters. The van der Waals surface area contributed by atoms with Gasteiger partial charge in [0.05, 0.1) is 0 Å². The summed E-state index contributed by atoms with van der Waals surface area (Å²) in [5, 5.41) is 0. The third-order valence-electron chi connectivity index (χ3n) is 11.0. The Morgan fingerprint density at radius 1 is 0.318 bits per heavy atom. The molecule has 0 aliphatic heterocycles. The first kappa shape index (κ1) is 62.1. The van der Waals surface area contributed by atoms with E-state index < -0.39 is 6.10 Å². The van der Waals surface area contributed by atoms with Crippen LogP contribution >= 0.6 is 0 Å². The predicted molar refractivity (Wildman–Crippen MR) is 283 cm³/mol. The highest BCUT2D eigenvalue weighted by molar-refractivity contribution is 5.71. The van der Waals surface area contributed by atoms with Crippen molar-refractivity contribution in [3.8, 4) is 0 Å². The Balaban J connectivity index is 4.46. The highest BCUT2D eigenvalue weighted by Crippen LogP contribution is 2.13. The SMILES string of the molecule is CC/C=C\C/C=C\C/C=C\C/C=C\C/C=C\C/C=C\C/C=C\CCCC(=O)OCC(COC(=O)CCCCCCC/C=C\CCCC)OC(=O)CCCCCCC/C=C\CCCCCCC. The first-order valence-corrected chi connectivity index (χ1v) is 26.9. The minimum absolute atomic E-state index is 0.105. The molecule has 0 rings (SSSR count). The minimum atomic E-state index is -0.810. The Morgan fingerprint density at radius 2 is 0.621 bits per heavy atom. The van der Waals surface area contributed by atoms with Crippen molar-refractivity contribution in [3.05, 3.63) is 109 Å². The molecule has 66 heavy (non-hydrogen) atoms. The lowest BCUT2D eigenvalue weighted by Crippen LogP contribution is -2.30. The molecule has 0 saturated carbocycles. The predicted octanol–water partition coefficient (Wildman–Crippen LogP) is 17.9. The number of hydrogen-bond donors (Lipinski definition) is 0. The van der Waals surface area contributed by atoms with Crippen molar-refractivity contribution >= 4 is 17.9 Å². The first-order chi connectivity index (χ1) is 32.5. The fourth-order valence-electron chi connectivity index (χ4n) is 6.93. The lowest BCUT2D eigenvalue weighted by molar-refractivity contribution is -0.167. The van der Waals surface area contributed by atoms with E-state index in [1.54, 1.807) is 0 Å². The maximum Gasteiger partial charge on any atom is 0.306 e. The van der Waals surface area contributed by atoms with Crippen molar-refractivity contribution in [3.63, 3.8) is 0 Å². The maximum atomic E-state index is 12.8. The zero-order valence-electron chi connectivity index (χ0n) is 42.7. The molecule has 0 bridgehead atoms. The third kappa shape index (κ3) is 51.1. The van der Waals surface area contributed by atoms with Gasteiger partial charge in [0.15, 0.2) is 6.10 Å². The van der Waals surface area contributed by atoms with Crippen molar-refractivity contribution in [1.29, 1.82) is 0 Å². The van der Waals surface area contributed by atoms with Gasteiger partial charge in [0.2, 0.25) is 0 Å². The Morgan fingerprint density at radius 3 is 1.05 bits per heavy atom. The monoisotopic (exact) mass is 915 g/mol. The molecule has 0 heterocycles. The average Bonchev–Trinajstić information content (AvgIpc) is 3.31. The van der Waals surface area contributed by atoms with Gasteiger partial charge in [-0.05, 0) is 116 Å². The van der Waals surface area contributed by atoms with E-state index >= 15 is 0 Å². The number of esters is 3. The zero-order valence-corrected chi connectivity index (χ0v) is 42.7. The van der Waals surface area contributed by atoms with Crippen molar-refractivity contribution in [2.24, 2.45) is 0 Å². The fourth-order valence-corrected chi connectivity index (χ4v) is 6.93. The van der Waals surface area contributed by atoms with Crippen LogP contribution in [0.5, 0.6) is 0 Å². The van der Waals surface area contributed by atoms with Crippen LogP contribution in [0.1, 0.15) is 233 Å². The molecule has 0 aliphatic carbocycles. The standard InChI is InChI=1S/C60H98O6/c1-4-7-10-13-16-19-22-24-26-27-28-29-30-31-32-33-34-36-38-41-44-47-50-53-59(62)65-56-57(55-64-58(61)52-49-46-43-40-37-21-18-15-12-9-6-3)66-60(63)54-51-48-45-42-39-35-25-23-20-17-14-11-8-5-2/h7,10,15-16,18-19,23-26,28-29,31-32,34,36,41,44,57H,4-6,8-9,11-14,17,20-22,27,30,33,35,37-40,42-43,45-56H2,1-3H3/b10-7-,18-15-,19-16-,25-23-,26-24-,29-28-,32-31-,36-34-,44-41-. The number of allylic oxidation sites excluding steroid dienone is 18. The van der Waals surface area contributed by atoms with Gasteiger partial charge in [0, 0.05) is 19.3 Å². The van der Waals surface area contributed by atoms with E-state index in [2.05, 4.69) is 130 Å². The lowest BCUT2D eigenvalue weighted by Gasteiger charge is -2.18. The normalized spacial score (nSPS) is 13.0. The van der Waals surface area contributed by atoms with Gasteiger partial charge in [-0.2, -0.15) is 0 Å². The third-order valence-corrected chi connectivity index (χ3v) is 11.0. The van der Waals surface area contributed by atoms with Crippen LogP contribution < -0.4 is 0 Å². The summed E-state index contributed by atoms with van der Waals surface area (Å²) in [6.07, 6.45) is 72.2. The van der Waals surface area contributed by atoms with Gasteiger partial charge in [-0.3, -0.25) is 14.4 Å². The molecule has 0 aromatic rings. The molecule has 0 aromatic carbocycles. The van der Waals surface area contributed by atoms with Crippen molar-refractivity contribution in [2.45, 2.75) is 239 Å². The van der Waals surface area contributed by atoms with E-state index in [0.29, 0.717) is 19.3 Å². The van der Waals surface area contributed by atoms with Gasteiger partial charge in [0.25, 0.3) is 0 Å². The molecular formula is C60H98O6. The van der Waals surface area contributed by atoms with Crippen LogP contribution in [0.25, 0.3) is 0 Å². The highest BCUT2D eigenvalue weighted by atomic mass is 16.6. The summed E-state index contributed by atoms with van der Waals surface area (Å²) in [5.74, 6) is -0.990. The molecule has 0 aromatic heterocycles. The summed E-state index contributed by atoms with van der Waals surface area (Å²) in [6, 6.07) is 0. The van der Waals surface area contributed by atoms with Crippen LogP contribution in [0.2, 0.25) is 0 Å². The molecule has 374 valence electrons. The Hall–Kier alpha value is -3.93. The summed E-state index contributed by atoms with van der Waals surface area (Å²) < 4.78 is 16.7. The van der Waals surface area contributed by atoms with Crippen LogP contribution in [0, 0.1) is 0 Å². The van der Waals surface area contributed by atoms with Gasteiger partial charge in [-0.1, -0.05) is 207 Å². The molecule has 0 amide bonds. The Bertz CT molecular complexity index is 1370. The molecular weight excluding hydrogens is 817 g/mol. The van der Waals surface area contributed by atoms with Crippen LogP contribution in [-0.4, -0.2) is 37.2 Å². The van der Waals surface area contributed by atoms with E-state index in [4.69, 9.17) is 14.2 Å². The number of hydrogen-bond acceptors (Lipinski definition) is 6. The van der Waals surface area contributed by atoms with E-state index in [0.717, 1.165) is 116 Å². The number of carbonyl (C=O) groups excluding carboxylic acids is 3. The number of rotatable bonds is 47. The molecule has 0 N–H and O–H groups in total. The maximum absolute atomic E-state index is 12.8. The molecule has 0 spiro atoms. The lowest BCUT2D eigenvalue weighted by atomic mass is 10.1. The Labute approximate surface area is 406 Å². The van der Waals surface area contributed by atoms with E-state index in [1.165, 1.54) is 70.6 Å². The van der Waals surface area contributed by atoms with Gasteiger partial charge in [0.1, 0.15) is 13.2 Å². The quantitative estimate of drug-likeness (QED) is 0.0262. The van der Waals surface area contributed by atoms with Crippen LogP contribution in [0.3, 0.4) is 0 Å². The second-order valence-corrected chi connectivity index (χ2v) is 17.4. The summed E-state index contributed by atoms with van der Waals surface area (Å²) in [4.78, 5) is 38.0. The topological polar surface area (TPSA) is 78.9 Å². The van der Waals surface area contributed by atoms with E-state index in [9.17, 15) is 14.4 Å². The van der Waals surface area contributed by atoms with Gasteiger partial charge >= 0.3 is 17.9 Å². The molecule has 0 aliphatic rings. The fraction of sp³-hybridized carbons (Fsp3) is 0.650. The zero-order chi connectivity index (χ0) is 47.9. The van der Waals surface area contributed by atoms with Crippen molar-refractivity contribution < 1.29 is 28.6 Å². The minimum Gasteiger partial charge on any atom is -0.462 e. The van der Waals surface area contributed by atoms with E-state index in [1.807, 2.05) is 0 Å². The summed E-state index contributed by atoms with van der Waals surface area (Å²) in [5.41, 5.74) is 0. The molecule has 1 atom stereocenters. The van der Waals surface area contributed by atoms with Gasteiger partial charge in [-0.15, -0.1) is 0 Å². The summed E-state index contributed by atoms with van der Waals surface area (Å²) >= 11 is 0. The largest absolute Gasteiger partial charge is 0.462 e. The Kier molecular flexibility index (Phi) is 50.5. The van der Waals surface area contributed by atoms with E-state index in [-0.39, 0.29) is 37.5 Å². The van der Waals surface area contributed by atoms with Crippen LogP contribution in [0.15, 0.2) is 109 Å². The average molecular weight is 915 g/mol. The molecule has 6 heteroatoms. The van der Waals surface area contributed by atoms with Gasteiger partial charge in [-0.25, -0.2) is 0 Å². The van der Waals surface area contributed by atoms with Gasteiger partial charge < -0.3 is 14.2 Å². The summed E-state index contributed by atoms with van der Waals surface area (Å²) in [6.45, 7) is 6.40. The van der Waals surface area contributed by atoms with Crippen LogP contribution in [-0.2, 0) is 28.6 Å². The smallest absolute Gasteiger partial charge is 0.306 e. The van der Waals surface area contributed by atoms with Crippen LogP contribution in [0.4, 0.5) is 0 Å². The highest BCUT2D eigenvalue weighted by Gasteiger charge is 2.19. The second-order valence-electron chi connectivity index (χ2n) is 17.4. The van der Waals surface area contributed by atoms with Crippen molar-refractivity contribution in [1.82, 2.24) is 0 Å². The molecule has 0 fully saturated rings. The number of carbonyl (C=O) groups is 3. The molecule has 6 nitrogen and oxygen atoms in total. The molecule has 0 radical (unpaired) electrons. The van der Waals surface area contributed by atoms with Crippen molar-refractivity contribution in [2.75, 3.05) is 13.2 Å². The second kappa shape index (κ2) is 53.7. The first-order valence-electron chi connectivity index (χ1n) is 26.9.